The second-order valence-electron chi connectivity index (χ2n) is 8.52. The van der Waals surface area contributed by atoms with Crippen molar-refractivity contribution in [3.8, 4) is 11.1 Å². The van der Waals surface area contributed by atoms with Crippen LogP contribution in [0.15, 0.2) is 35.0 Å². The SMILES string of the molecule is COCC(COC)n1c2cc(C(C)(C)O)ccc2c2ncc(-c3c(C)noc3C)cc21. The van der Waals surface area contributed by atoms with E-state index in [2.05, 4.69) is 15.8 Å². The molecule has 0 spiro atoms. The van der Waals surface area contributed by atoms with Gasteiger partial charge >= 0.3 is 0 Å². The molecule has 7 nitrogen and oxygen atoms in total. The first kappa shape index (κ1) is 21.5. The molecular formula is C24H29N3O4. The first-order chi connectivity index (χ1) is 14.8. The van der Waals surface area contributed by atoms with E-state index in [-0.39, 0.29) is 6.04 Å². The minimum absolute atomic E-state index is 0.0613. The topological polar surface area (TPSA) is 82.5 Å². The lowest BCUT2D eigenvalue weighted by atomic mass is 9.97. The van der Waals surface area contributed by atoms with Crippen LogP contribution in [0.3, 0.4) is 0 Å². The molecule has 3 heterocycles. The van der Waals surface area contributed by atoms with Crippen LogP contribution in [-0.4, -0.2) is 47.2 Å². The van der Waals surface area contributed by atoms with E-state index in [9.17, 15) is 5.11 Å². The third-order valence-corrected chi connectivity index (χ3v) is 5.75. The maximum atomic E-state index is 10.6. The van der Waals surface area contributed by atoms with Crippen molar-refractivity contribution in [3.05, 3.63) is 47.5 Å². The quantitative estimate of drug-likeness (QED) is 0.470. The predicted octanol–water partition coefficient (Wildman–Crippen LogP) is 4.52. The molecule has 0 fully saturated rings. The summed E-state index contributed by atoms with van der Waals surface area (Å²) in [4.78, 5) is 4.83. The number of aromatic nitrogens is 3. The van der Waals surface area contributed by atoms with Gasteiger partial charge in [0, 0.05) is 36.9 Å². The predicted molar refractivity (Wildman–Crippen MR) is 120 cm³/mol. The van der Waals surface area contributed by atoms with Gasteiger partial charge in [0.1, 0.15) is 5.76 Å². The zero-order chi connectivity index (χ0) is 22.3. The van der Waals surface area contributed by atoms with Crippen molar-refractivity contribution in [2.24, 2.45) is 0 Å². The fraction of sp³-hybridized carbons (Fsp3) is 0.417. The summed E-state index contributed by atoms with van der Waals surface area (Å²) in [5.74, 6) is 0.760. The number of aryl methyl sites for hydroxylation is 2. The lowest BCUT2D eigenvalue weighted by molar-refractivity contribution is 0.0786. The van der Waals surface area contributed by atoms with E-state index in [1.165, 1.54) is 0 Å². The van der Waals surface area contributed by atoms with Crippen LogP contribution in [0.4, 0.5) is 0 Å². The molecule has 0 radical (unpaired) electrons. The number of hydrogen-bond acceptors (Lipinski definition) is 6. The normalized spacial score (nSPS) is 12.5. The van der Waals surface area contributed by atoms with E-state index in [4.69, 9.17) is 19.0 Å². The van der Waals surface area contributed by atoms with Gasteiger partial charge in [-0.2, -0.15) is 0 Å². The number of ether oxygens (including phenoxy) is 2. The van der Waals surface area contributed by atoms with Crippen molar-refractivity contribution in [3.63, 3.8) is 0 Å². The Balaban J connectivity index is 2.06. The Morgan fingerprint density at radius 1 is 1.10 bits per heavy atom. The van der Waals surface area contributed by atoms with Gasteiger partial charge in [-0.3, -0.25) is 4.98 Å². The van der Waals surface area contributed by atoms with Crippen molar-refractivity contribution >= 4 is 21.9 Å². The molecule has 4 rings (SSSR count). The molecule has 3 aromatic heterocycles. The van der Waals surface area contributed by atoms with Gasteiger partial charge in [-0.15, -0.1) is 0 Å². The lowest BCUT2D eigenvalue weighted by Crippen LogP contribution is -2.20. The van der Waals surface area contributed by atoms with Gasteiger partial charge in [-0.25, -0.2) is 0 Å². The minimum Gasteiger partial charge on any atom is -0.386 e. The van der Waals surface area contributed by atoms with Crippen molar-refractivity contribution in [1.82, 2.24) is 14.7 Å². The zero-order valence-electron chi connectivity index (χ0n) is 18.9. The fourth-order valence-corrected chi connectivity index (χ4v) is 4.29. The van der Waals surface area contributed by atoms with Gasteiger partial charge in [0.25, 0.3) is 0 Å². The first-order valence-corrected chi connectivity index (χ1v) is 10.3. The van der Waals surface area contributed by atoms with Crippen LogP contribution >= 0.6 is 0 Å². The summed E-state index contributed by atoms with van der Waals surface area (Å²) in [5, 5.41) is 15.7. The summed E-state index contributed by atoms with van der Waals surface area (Å²) in [6.07, 6.45) is 1.87. The average Bonchev–Trinajstić information content (AvgIpc) is 3.22. The monoisotopic (exact) mass is 423 g/mol. The Morgan fingerprint density at radius 2 is 1.81 bits per heavy atom. The van der Waals surface area contributed by atoms with Crippen LogP contribution in [0.2, 0.25) is 0 Å². The third-order valence-electron chi connectivity index (χ3n) is 5.75. The van der Waals surface area contributed by atoms with Crippen LogP contribution in [-0.2, 0) is 15.1 Å². The molecule has 0 aliphatic rings. The molecule has 31 heavy (non-hydrogen) atoms. The molecule has 0 aliphatic heterocycles. The van der Waals surface area contributed by atoms with Crippen molar-refractivity contribution in [2.45, 2.75) is 39.3 Å². The average molecular weight is 424 g/mol. The van der Waals surface area contributed by atoms with Gasteiger partial charge in [0.2, 0.25) is 0 Å². The maximum Gasteiger partial charge on any atom is 0.141 e. The second-order valence-corrected chi connectivity index (χ2v) is 8.52. The summed E-state index contributed by atoms with van der Waals surface area (Å²) in [5.41, 5.74) is 5.46. The molecule has 7 heteroatoms. The van der Waals surface area contributed by atoms with Gasteiger partial charge in [0.05, 0.1) is 47.1 Å². The minimum atomic E-state index is -0.956. The van der Waals surface area contributed by atoms with E-state index in [0.717, 1.165) is 50.1 Å². The summed E-state index contributed by atoms with van der Waals surface area (Å²) in [6.45, 7) is 8.38. The molecule has 164 valence electrons. The highest BCUT2D eigenvalue weighted by molar-refractivity contribution is 6.07. The smallest absolute Gasteiger partial charge is 0.141 e. The molecular weight excluding hydrogens is 394 g/mol. The molecule has 0 saturated carbocycles. The van der Waals surface area contributed by atoms with Crippen molar-refractivity contribution < 1.29 is 19.1 Å². The maximum absolute atomic E-state index is 10.6. The summed E-state index contributed by atoms with van der Waals surface area (Å²) in [6, 6.07) is 8.08. The number of nitrogens with zero attached hydrogens (tertiary/aromatic N) is 3. The molecule has 1 N–H and O–H groups in total. The van der Waals surface area contributed by atoms with E-state index in [1.54, 1.807) is 28.1 Å². The summed E-state index contributed by atoms with van der Waals surface area (Å²) in [7, 11) is 3.37. The second kappa shape index (κ2) is 8.07. The molecule has 0 aliphatic carbocycles. The Labute approximate surface area is 181 Å². The van der Waals surface area contributed by atoms with Crippen LogP contribution < -0.4 is 0 Å². The number of hydrogen-bond donors (Lipinski definition) is 1. The Bertz CT molecular complexity index is 1210. The number of methoxy groups -OCH3 is 2. The highest BCUT2D eigenvalue weighted by Gasteiger charge is 2.24. The standard InChI is InChI=1S/C24H29N3O4/c1-14-22(15(2)31-26-14)16-9-21-23(25-11-16)19-8-7-17(24(3,4)28)10-20(19)27(21)18(12-29-5)13-30-6/h7-11,18,28H,12-13H2,1-6H3. The summed E-state index contributed by atoms with van der Waals surface area (Å²) < 4.78 is 18.6. The van der Waals surface area contributed by atoms with Crippen molar-refractivity contribution in [2.75, 3.05) is 27.4 Å². The van der Waals surface area contributed by atoms with Crippen LogP contribution in [0.1, 0.15) is 36.9 Å². The van der Waals surface area contributed by atoms with E-state index in [1.807, 2.05) is 38.2 Å². The molecule has 0 atom stereocenters. The molecule has 1 aromatic carbocycles. The van der Waals surface area contributed by atoms with Gasteiger partial charge < -0.3 is 23.7 Å². The highest BCUT2D eigenvalue weighted by atomic mass is 16.5. The lowest BCUT2D eigenvalue weighted by Gasteiger charge is -2.22. The summed E-state index contributed by atoms with van der Waals surface area (Å²) >= 11 is 0. The first-order valence-electron chi connectivity index (χ1n) is 10.3. The molecule has 0 unspecified atom stereocenters. The van der Waals surface area contributed by atoms with Crippen LogP contribution in [0.5, 0.6) is 0 Å². The Hall–Kier alpha value is -2.74. The third kappa shape index (κ3) is 3.73. The Kier molecular flexibility index (Phi) is 5.60. The Morgan fingerprint density at radius 3 is 2.39 bits per heavy atom. The van der Waals surface area contributed by atoms with Gasteiger partial charge in [0.15, 0.2) is 0 Å². The largest absolute Gasteiger partial charge is 0.386 e. The number of benzene rings is 1. The van der Waals surface area contributed by atoms with Crippen LogP contribution in [0, 0.1) is 13.8 Å². The van der Waals surface area contributed by atoms with Gasteiger partial charge in [-0.05, 0) is 45.4 Å². The molecule has 4 aromatic rings. The fourth-order valence-electron chi connectivity index (χ4n) is 4.29. The van der Waals surface area contributed by atoms with E-state index in [0.29, 0.717) is 13.2 Å². The molecule has 0 bridgehead atoms. The van der Waals surface area contributed by atoms with Gasteiger partial charge in [-0.1, -0.05) is 17.3 Å². The van der Waals surface area contributed by atoms with E-state index < -0.39 is 5.60 Å². The van der Waals surface area contributed by atoms with Crippen LogP contribution in [0.25, 0.3) is 33.1 Å². The zero-order valence-corrected chi connectivity index (χ0v) is 18.9. The highest BCUT2D eigenvalue weighted by Crippen LogP contribution is 2.36. The number of fused-ring (bicyclic) bond motifs is 3. The molecule has 0 amide bonds. The molecule has 0 saturated heterocycles. The number of aliphatic hydroxyl groups is 1. The van der Waals surface area contributed by atoms with Crippen molar-refractivity contribution in [1.29, 1.82) is 0 Å². The number of rotatable bonds is 7. The van der Waals surface area contributed by atoms with E-state index >= 15 is 0 Å². The number of pyridine rings is 1.